The molecule has 1 saturated heterocycles. The molecule has 2 nitrogen and oxygen atoms in total. The van der Waals surface area contributed by atoms with Gasteiger partial charge in [-0.3, -0.25) is 4.79 Å². The first-order valence-corrected chi connectivity index (χ1v) is 6.76. The quantitative estimate of drug-likeness (QED) is 0.682. The highest BCUT2D eigenvalue weighted by atomic mass is 32.1. The van der Waals surface area contributed by atoms with Crippen molar-refractivity contribution in [2.24, 2.45) is 5.92 Å². The van der Waals surface area contributed by atoms with Gasteiger partial charge in [0.2, 0.25) is 5.91 Å². The summed E-state index contributed by atoms with van der Waals surface area (Å²) in [5.74, 6) is 0.737. The molecule has 1 saturated carbocycles. The standard InChI is InChI=1S/C12H21NOS/c14-12(13-8-2-1-3-9-13)10-4-6-11(15)7-5-10/h10-11,15H,1-9H2. The fraction of sp³-hybridized carbons (Fsp3) is 0.917. The number of carbonyl (C=O) groups is 1. The SMILES string of the molecule is O=C(C1CCC(S)CC1)N1CCCCC1. The Hall–Kier alpha value is -0.180. The van der Waals surface area contributed by atoms with Crippen molar-refractivity contribution in [1.29, 1.82) is 0 Å². The third kappa shape index (κ3) is 2.90. The summed E-state index contributed by atoms with van der Waals surface area (Å²) in [4.78, 5) is 14.3. The number of thiol groups is 1. The first-order chi connectivity index (χ1) is 7.27. The van der Waals surface area contributed by atoms with E-state index >= 15 is 0 Å². The average Bonchev–Trinajstić information content (AvgIpc) is 2.30. The van der Waals surface area contributed by atoms with Gasteiger partial charge in [-0.1, -0.05) is 0 Å². The number of hydrogen-bond acceptors (Lipinski definition) is 2. The van der Waals surface area contributed by atoms with E-state index in [4.69, 9.17) is 0 Å². The summed E-state index contributed by atoms with van der Waals surface area (Å²) in [6.07, 6.45) is 8.06. The number of nitrogens with zero attached hydrogens (tertiary/aromatic N) is 1. The van der Waals surface area contributed by atoms with Gasteiger partial charge in [-0.25, -0.2) is 0 Å². The van der Waals surface area contributed by atoms with Gasteiger partial charge in [-0.15, -0.1) is 0 Å². The van der Waals surface area contributed by atoms with E-state index in [9.17, 15) is 4.79 Å². The Morgan fingerprint density at radius 3 is 2.20 bits per heavy atom. The predicted molar refractivity (Wildman–Crippen MR) is 65.2 cm³/mol. The Labute approximate surface area is 97.8 Å². The van der Waals surface area contributed by atoms with Gasteiger partial charge in [0.25, 0.3) is 0 Å². The zero-order chi connectivity index (χ0) is 10.7. The summed E-state index contributed by atoms with van der Waals surface area (Å²) in [5, 5.41) is 0.537. The molecule has 2 rings (SSSR count). The molecule has 0 aromatic rings. The second kappa shape index (κ2) is 5.24. The highest BCUT2D eigenvalue weighted by Gasteiger charge is 2.28. The van der Waals surface area contributed by atoms with Crippen LogP contribution in [0, 0.1) is 5.92 Å². The lowest BCUT2D eigenvalue weighted by Crippen LogP contribution is -2.40. The molecule has 3 heteroatoms. The van der Waals surface area contributed by atoms with Crippen molar-refractivity contribution in [1.82, 2.24) is 4.90 Å². The highest BCUT2D eigenvalue weighted by Crippen LogP contribution is 2.29. The van der Waals surface area contributed by atoms with Crippen LogP contribution in [0.25, 0.3) is 0 Å². The van der Waals surface area contributed by atoms with Crippen LogP contribution in [0.3, 0.4) is 0 Å². The van der Waals surface area contributed by atoms with E-state index in [1.807, 2.05) is 0 Å². The summed E-state index contributed by atoms with van der Waals surface area (Å²) in [6, 6.07) is 0. The molecule has 2 fully saturated rings. The summed E-state index contributed by atoms with van der Waals surface area (Å²) in [6.45, 7) is 2.00. The fourth-order valence-corrected chi connectivity index (χ4v) is 2.99. The minimum absolute atomic E-state index is 0.312. The minimum atomic E-state index is 0.312. The molecule has 0 radical (unpaired) electrons. The monoisotopic (exact) mass is 227 g/mol. The van der Waals surface area contributed by atoms with Gasteiger partial charge in [0, 0.05) is 24.3 Å². The molecule has 1 heterocycles. The zero-order valence-electron chi connectivity index (χ0n) is 9.32. The van der Waals surface area contributed by atoms with Crippen molar-refractivity contribution < 1.29 is 4.79 Å². The maximum Gasteiger partial charge on any atom is 0.225 e. The molecule has 86 valence electrons. The van der Waals surface area contributed by atoms with Crippen molar-refractivity contribution in [2.75, 3.05) is 13.1 Å². The van der Waals surface area contributed by atoms with Crippen LogP contribution in [-0.4, -0.2) is 29.1 Å². The topological polar surface area (TPSA) is 20.3 Å². The molecule has 0 spiro atoms. The van der Waals surface area contributed by atoms with Crippen LogP contribution in [-0.2, 0) is 4.79 Å². The lowest BCUT2D eigenvalue weighted by Gasteiger charge is -2.33. The average molecular weight is 227 g/mol. The first-order valence-electron chi connectivity index (χ1n) is 6.24. The van der Waals surface area contributed by atoms with E-state index in [-0.39, 0.29) is 0 Å². The molecule has 1 amide bonds. The molecule has 0 aromatic carbocycles. The van der Waals surface area contributed by atoms with Gasteiger partial charge in [-0.05, 0) is 44.9 Å². The van der Waals surface area contributed by atoms with Gasteiger partial charge in [0.15, 0.2) is 0 Å². The molecule has 1 aliphatic carbocycles. The second-order valence-electron chi connectivity index (χ2n) is 4.89. The van der Waals surface area contributed by atoms with Crippen LogP contribution < -0.4 is 0 Å². The van der Waals surface area contributed by atoms with Gasteiger partial charge >= 0.3 is 0 Å². The van der Waals surface area contributed by atoms with Crippen LogP contribution in [0.4, 0.5) is 0 Å². The van der Waals surface area contributed by atoms with Gasteiger partial charge in [0.05, 0.1) is 0 Å². The Morgan fingerprint density at radius 1 is 1.00 bits per heavy atom. The minimum Gasteiger partial charge on any atom is -0.342 e. The largest absolute Gasteiger partial charge is 0.342 e. The number of amides is 1. The van der Waals surface area contributed by atoms with E-state index < -0.39 is 0 Å². The van der Waals surface area contributed by atoms with E-state index in [2.05, 4.69) is 17.5 Å². The van der Waals surface area contributed by atoms with Gasteiger partial charge in [-0.2, -0.15) is 12.6 Å². The summed E-state index contributed by atoms with van der Waals surface area (Å²) in [5.41, 5.74) is 0. The van der Waals surface area contributed by atoms with Crippen molar-refractivity contribution in [3.8, 4) is 0 Å². The summed E-state index contributed by atoms with van der Waals surface area (Å²) >= 11 is 4.47. The van der Waals surface area contributed by atoms with Gasteiger partial charge < -0.3 is 4.90 Å². The lowest BCUT2D eigenvalue weighted by molar-refractivity contribution is -0.137. The highest BCUT2D eigenvalue weighted by molar-refractivity contribution is 7.80. The molecule has 15 heavy (non-hydrogen) atoms. The number of likely N-dealkylation sites (tertiary alicyclic amines) is 1. The molecular weight excluding hydrogens is 206 g/mol. The predicted octanol–water partition coefficient (Wildman–Crippen LogP) is 2.49. The Kier molecular flexibility index (Phi) is 3.95. The normalized spacial score (nSPS) is 32.7. The molecular formula is C12H21NOS. The van der Waals surface area contributed by atoms with Crippen molar-refractivity contribution in [3.05, 3.63) is 0 Å². The van der Waals surface area contributed by atoms with E-state index in [1.165, 1.54) is 19.3 Å². The van der Waals surface area contributed by atoms with Crippen molar-refractivity contribution >= 4 is 18.5 Å². The first kappa shape index (κ1) is 11.3. The zero-order valence-corrected chi connectivity index (χ0v) is 10.2. The Balaban J connectivity index is 1.84. The smallest absolute Gasteiger partial charge is 0.225 e. The fourth-order valence-electron chi connectivity index (χ4n) is 2.70. The van der Waals surface area contributed by atoms with Crippen LogP contribution in [0.5, 0.6) is 0 Å². The number of piperidine rings is 1. The third-order valence-electron chi connectivity index (χ3n) is 3.71. The van der Waals surface area contributed by atoms with E-state index in [0.717, 1.165) is 38.8 Å². The Bertz CT molecular complexity index is 218. The maximum absolute atomic E-state index is 12.2. The summed E-state index contributed by atoms with van der Waals surface area (Å²) in [7, 11) is 0. The molecule has 0 aromatic heterocycles. The lowest BCUT2D eigenvalue weighted by atomic mass is 9.87. The van der Waals surface area contributed by atoms with Crippen molar-refractivity contribution in [2.45, 2.75) is 50.2 Å². The summed E-state index contributed by atoms with van der Waals surface area (Å²) < 4.78 is 0. The van der Waals surface area contributed by atoms with E-state index in [1.54, 1.807) is 0 Å². The molecule has 2 aliphatic rings. The van der Waals surface area contributed by atoms with Crippen LogP contribution in [0.1, 0.15) is 44.9 Å². The van der Waals surface area contributed by atoms with Crippen molar-refractivity contribution in [3.63, 3.8) is 0 Å². The number of hydrogen-bond donors (Lipinski definition) is 1. The van der Waals surface area contributed by atoms with Crippen LogP contribution in [0.15, 0.2) is 0 Å². The maximum atomic E-state index is 12.2. The molecule has 0 N–H and O–H groups in total. The Morgan fingerprint density at radius 2 is 1.60 bits per heavy atom. The molecule has 0 bridgehead atoms. The van der Waals surface area contributed by atoms with Crippen LogP contribution in [0.2, 0.25) is 0 Å². The van der Waals surface area contributed by atoms with E-state index in [0.29, 0.717) is 17.1 Å². The molecule has 0 atom stereocenters. The molecule has 1 aliphatic heterocycles. The van der Waals surface area contributed by atoms with Gasteiger partial charge in [0.1, 0.15) is 0 Å². The second-order valence-corrected chi connectivity index (χ2v) is 5.62. The number of carbonyl (C=O) groups excluding carboxylic acids is 1. The van der Waals surface area contributed by atoms with Crippen LogP contribution >= 0.6 is 12.6 Å². The number of rotatable bonds is 1. The third-order valence-corrected chi connectivity index (χ3v) is 4.23. The molecule has 0 unspecified atom stereocenters.